The van der Waals surface area contributed by atoms with Gasteiger partial charge in [-0.2, -0.15) is 13.2 Å². The third-order valence-electron chi connectivity index (χ3n) is 4.22. The number of halogens is 3. The Bertz CT molecular complexity index is 1260. The normalized spacial score (nSPS) is 12.8. The second-order valence-electron chi connectivity index (χ2n) is 6.38. The maximum absolute atomic E-state index is 13.2. The number of para-hydroxylation sites is 1. The third kappa shape index (κ3) is 4.33. The van der Waals surface area contributed by atoms with Crippen molar-refractivity contribution in [2.75, 3.05) is 0 Å². The van der Waals surface area contributed by atoms with E-state index < -0.39 is 22.2 Å². The molecule has 2 aromatic carbocycles. The molecule has 0 spiro atoms. The lowest BCUT2D eigenvalue weighted by Gasteiger charge is -2.12. The Morgan fingerprint density at radius 3 is 2.45 bits per heavy atom. The molecular weight excluding hydrogens is 435 g/mol. The Morgan fingerprint density at radius 1 is 1.06 bits per heavy atom. The molecule has 158 valence electrons. The van der Waals surface area contributed by atoms with Crippen LogP contribution >= 0.6 is 11.8 Å². The molecule has 0 saturated heterocycles. The van der Waals surface area contributed by atoms with Crippen LogP contribution in [0.4, 0.5) is 18.9 Å². The van der Waals surface area contributed by atoms with E-state index in [0.29, 0.717) is 10.9 Å². The number of alkyl halides is 3. The van der Waals surface area contributed by atoms with E-state index in [-0.39, 0.29) is 28.0 Å². The lowest BCUT2D eigenvalue weighted by atomic mass is 10.2. The molecule has 2 heterocycles. The molecule has 2 aromatic heterocycles. The molecule has 0 N–H and O–H groups in total. The summed E-state index contributed by atoms with van der Waals surface area (Å²) in [6.07, 6.45) is -4.68. The van der Waals surface area contributed by atoms with E-state index in [2.05, 4.69) is 20.2 Å². The average molecular weight is 447 g/mol. The number of nitro benzene ring substituents is 1. The zero-order valence-corrected chi connectivity index (χ0v) is 16.5. The number of benzene rings is 2. The standard InChI is InChI=1S/C19H12F3N5O3S/c1-10(15-25-26-16(30-15)11-6-8-12(9-7-11)27(28)29)31-17-13-4-2-3-5-14(13)23-18(24-17)19(20,21)22/h2-10H,1H3. The second-order valence-corrected chi connectivity index (χ2v) is 7.71. The van der Waals surface area contributed by atoms with E-state index in [4.69, 9.17) is 4.42 Å². The first kappa shape index (κ1) is 20.7. The zero-order valence-electron chi connectivity index (χ0n) is 15.7. The van der Waals surface area contributed by atoms with Crippen LogP contribution in [0.2, 0.25) is 0 Å². The Hall–Kier alpha value is -3.54. The molecule has 4 rings (SSSR count). The highest BCUT2D eigenvalue weighted by Gasteiger charge is 2.36. The van der Waals surface area contributed by atoms with Crippen LogP contribution in [0.3, 0.4) is 0 Å². The fraction of sp³-hybridized carbons (Fsp3) is 0.158. The zero-order chi connectivity index (χ0) is 22.2. The van der Waals surface area contributed by atoms with Crippen molar-refractivity contribution >= 4 is 28.4 Å². The van der Waals surface area contributed by atoms with Crippen LogP contribution in [0.15, 0.2) is 58.0 Å². The molecule has 1 atom stereocenters. The quantitative estimate of drug-likeness (QED) is 0.172. The Balaban J connectivity index is 1.62. The smallest absolute Gasteiger partial charge is 0.419 e. The number of nitro groups is 1. The first-order chi connectivity index (χ1) is 14.7. The van der Waals surface area contributed by atoms with Gasteiger partial charge in [0.25, 0.3) is 5.69 Å². The summed E-state index contributed by atoms with van der Waals surface area (Å²) in [7, 11) is 0. The van der Waals surface area contributed by atoms with Crippen LogP contribution in [0.5, 0.6) is 0 Å². The van der Waals surface area contributed by atoms with Crippen molar-refractivity contribution in [3.8, 4) is 11.5 Å². The molecule has 0 radical (unpaired) electrons. The minimum Gasteiger partial charge on any atom is -0.419 e. The van der Waals surface area contributed by atoms with Crippen molar-refractivity contribution in [3.05, 3.63) is 70.4 Å². The number of hydrogen-bond donors (Lipinski definition) is 0. The van der Waals surface area contributed by atoms with Gasteiger partial charge in [0.1, 0.15) is 5.03 Å². The van der Waals surface area contributed by atoms with E-state index >= 15 is 0 Å². The van der Waals surface area contributed by atoms with Gasteiger partial charge >= 0.3 is 6.18 Å². The van der Waals surface area contributed by atoms with Gasteiger partial charge < -0.3 is 4.42 Å². The molecule has 0 saturated carbocycles. The van der Waals surface area contributed by atoms with Gasteiger partial charge in [-0.25, -0.2) is 9.97 Å². The topological polar surface area (TPSA) is 108 Å². The van der Waals surface area contributed by atoms with E-state index in [1.54, 1.807) is 25.1 Å². The molecule has 12 heteroatoms. The maximum Gasteiger partial charge on any atom is 0.451 e. The van der Waals surface area contributed by atoms with Crippen molar-refractivity contribution < 1.29 is 22.5 Å². The van der Waals surface area contributed by atoms with Gasteiger partial charge in [-0.05, 0) is 25.1 Å². The van der Waals surface area contributed by atoms with Crippen molar-refractivity contribution in [1.82, 2.24) is 20.2 Å². The minimum absolute atomic E-state index is 0.0801. The molecule has 0 aliphatic heterocycles. The highest BCUT2D eigenvalue weighted by atomic mass is 32.2. The number of fused-ring (bicyclic) bond motifs is 1. The lowest BCUT2D eigenvalue weighted by molar-refractivity contribution is -0.384. The first-order valence-corrected chi connectivity index (χ1v) is 9.69. The number of aromatic nitrogens is 4. The highest BCUT2D eigenvalue weighted by Crippen LogP contribution is 2.39. The third-order valence-corrected chi connectivity index (χ3v) is 5.31. The Labute approximate surface area is 176 Å². The summed E-state index contributed by atoms with van der Waals surface area (Å²) < 4.78 is 45.3. The summed E-state index contributed by atoms with van der Waals surface area (Å²) in [5.41, 5.74) is 0.577. The lowest BCUT2D eigenvalue weighted by Crippen LogP contribution is -2.12. The molecule has 31 heavy (non-hydrogen) atoms. The molecular formula is C19H12F3N5O3S. The summed E-state index contributed by atoms with van der Waals surface area (Å²) >= 11 is 1.03. The molecule has 0 amide bonds. The maximum atomic E-state index is 13.2. The van der Waals surface area contributed by atoms with Gasteiger partial charge in [-0.3, -0.25) is 10.1 Å². The monoisotopic (exact) mass is 447 g/mol. The van der Waals surface area contributed by atoms with E-state index in [0.717, 1.165) is 11.8 Å². The predicted molar refractivity (Wildman–Crippen MR) is 105 cm³/mol. The van der Waals surface area contributed by atoms with E-state index in [1.807, 2.05) is 0 Å². The minimum atomic E-state index is -4.68. The van der Waals surface area contributed by atoms with Crippen molar-refractivity contribution in [2.45, 2.75) is 23.4 Å². The van der Waals surface area contributed by atoms with Crippen LogP contribution in [0.25, 0.3) is 22.4 Å². The fourth-order valence-electron chi connectivity index (χ4n) is 2.72. The van der Waals surface area contributed by atoms with Gasteiger partial charge in [0.2, 0.25) is 17.6 Å². The van der Waals surface area contributed by atoms with Crippen LogP contribution < -0.4 is 0 Å². The number of nitrogens with zero attached hydrogens (tertiary/aromatic N) is 5. The summed E-state index contributed by atoms with van der Waals surface area (Å²) in [6, 6.07) is 12.0. The van der Waals surface area contributed by atoms with Crippen LogP contribution in [0.1, 0.15) is 23.9 Å². The summed E-state index contributed by atoms with van der Waals surface area (Å²) in [6.45, 7) is 1.70. The van der Waals surface area contributed by atoms with E-state index in [1.165, 1.54) is 30.3 Å². The molecule has 8 nitrogen and oxygen atoms in total. The second kappa shape index (κ2) is 7.95. The number of non-ortho nitro benzene ring substituents is 1. The van der Waals surface area contributed by atoms with Gasteiger partial charge in [-0.1, -0.05) is 30.0 Å². The first-order valence-electron chi connectivity index (χ1n) is 8.81. The van der Waals surface area contributed by atoms with Crippen molar-refractivity contribution in [2.24, 2.45) is 0 Å². The van der Waals surface area contributed by atoms with Crippen LogP contribution in [-0.2, 0) is 6.18 Å². The Morgan fingerprint density at radius 2 is 1.77 bits per heavy atom. The molecule has 4 aromatic rings. The SMILES string of the molecule is CC(Sc1nc(C(F)(F)F)nc2ccccc12)c1nnc(-c2ccc([N+](=O)[O-])cc2)o1. The van der Waals surface area contributed by atoms with Gasteiger partial charge in [0, 0.05) is 23.1 Å². The molecule has 0 aliphatic rings. The molecule has 1 unspecified atom stereocenters. The molecule has 0 aliphatic carbocycles. The summed E-state index contributed by atoms with van der Waals surface area (Å²) in [5, 5.41) is 18.8. The Kier molecular flexibility index (Phi) is 5.31. The van der Waals surface area contributed by atoms with Gasteiger partial charge in [0.05, 0.1) is 15.7 Å². The molecule has 0 fully saturated rings. The summed E-state index contributed by atoms with van der Waals surface area (Å²) in [5.74, 6) is -0.909. The molecule has 0 bridgehead atoms. The summed E-state index contributed by atoms with van der Waals surface area (Å²) in [4.78, 5) is 17.5. The van der Waals surface area contributed by atoms with Crippen LogP contribution in [-0.4, -0.2) is 25.1 Å². The fourth-order valence-corrected chi connectivity index (χ4v) is 3.69. The highest BCUT2D eigenvalue weighted by molar-refractivity contribution is 7.99. The predicted octanol–water partition coefficient (Wildman–Crippen LogP) is 5.46. The number of hydrogen-bond acceptors (Lipinski definition) is 8. The number of rotatable bonds is 5. The van der Waals surface area contributed by atoms with Crippen LogP contribution in [0, 0.1) is 10.1 Å². The number of thioether (sulfide) groups is 1. The largest absolute Gasteiger partial charge is 0.451 e. The van der Waals surface area contributed by atoms with Crippen molar-refractivity contribution in [3.63, 3.8) is 0 Å². The van der Waals surface area contributed by atoms with E-state index in [9.17, 15) is 23.3 Å². The van der Waals surface area contributed by atoms with Gasteiger partial charge in [0.15, 0.2) is 0 Å². The van der Waals surface area contributed by atoms with Gasteiger partial charge in [-0.15, -0.1) is 10.2 Å². The van der Waals surface area contributed by atoms with Crippen molar-refractivity contribution in [1.29, 1.82) is 0 Å². The average Bonchev–Trinajstić information content (AvgIpc) is 3.23.